The Morgan fingerprint density at radius 2 is 1.76 bits per heavy atom. The van der Waals surface area contributed by atoms with Crippen molar-refractivity contribution < 1.29 is 35.3 Å². The number of hydrogen-bond acceptors (Lipinski definition) is 8. The topological polar surface area (TPSA) is 136 Å². The first-order valence-corrected chi connectivity index (χ1v) is 14.3. The van der Waals surface area contributed by atoms with E-state index in [0.717, 1.165) is 16.1 Å². The second-order valence-corrected chi connectivity index (χ2v) is 11.8. The van der Waals surface area contributed by atoms with Crippen LogP contribution in [0.4, 0.5) is 5.69 Å². The number of aryl methyl sites for hydroxylation is 2. The van der Waals surface area contributed by atoms with Gasteiger partial charge in [0.05, 0.1) is 17.5 Å². The molecule has 1 aliphatic rings. The van der Waals surface area contributed by atoms with E-state index in [-0.39, 0.29) is 23.6 Å². The number of carbonyl (C=O) groups is 2. The highest BCUT2D eigenvalue weighted by Crippen LogP contribution is 2.35. The van der Waals surface area contributed by atoms with Gasteiger partial charge in [0.15, 0.2) is 5.75 Å². The predicted molar refractivity (Wildman–Crippen MR) is 136 cm³/mol. The van der Waals surface area contributed by atoms with Crippen molar-refractivity contribution in [2.24, 2.45) is 0 Å². The van der Waals surface area contributed by atoms with Gasteiger partial charge in [-0.2, -0.15) is 16.8 Å². The maximum absolute atomic E-state index is 13.0. The number of esters is 1. The summed E-state index contributed by atoms with van der Waals surface area (Å²) < 4.78 is 62.0. The predicted octanol–water partition coefficient (Wildman–Crippen LogP) is 2.63. The van der Waals surface area contributed by atoms with Crippen molar-refractivity contribution in [3.8, 4) is 11.5 Å². The average molecular weight is 545 g/mol. The van der Waals surface area contributed by atoms with Gasteiger partial charge in [0.2, 0.25) is 0 Å². The summed E-state index contributed by atoms with van der Waals surface area (Å²) in [5.74, 6) is -1.36. The normalized spacial score (nSPS) is 14.8. The molecule has 1 saturated heterocycles. The molecular formula is C25H24N2O8S2. The number of ether oxygens (including phenoxy) is 1. The highest BCUT2D eigenvalue weighted by Gasteiger charge is 2.36. The fourth-order valence-electron chi connectivity index (χ4n) is 3.89. The van der Waals surface area contributed by atoms with E-state index in [2.05, 4.69) is 0 Å². The molecule has 1 amide bonds. The second kappa shape index (κ2) is 9.87. The van der Waals surface area contributed by atoms with Crippen molar-refractivity contribution in [1.29, 1.82) is 0 Å². The molecule has 37 heavy (non-hydrogen) atoms. The van der Waals surface area contributed by atoms with E-state index in [1.807, 2.05) is 11.6 Å². The van der Waals surface area contributed by atoms with Crippen molar-refractivity contribution in [3.63, 3.8) is 0 Å². The molecule has 0 unspecified atom stereocenters. The lowest BCUT2D eigenvalue weighted by Crippen LogP contribution is -2.30. The van der Waals surface area contributed by atoms with E-state index in [0.29, 0.717) is 22.3 Å². The number of benzene rings is 3. The molecular weight excluding hydrogens is 520 g/mol. The van der Waals surface area contributed by atoms with E-state index in [1.165, 1.54) is 12.1 Å². The minimum atomic E-state index is -4.17. The lowest BCUT2D eigenvalue weighted by molar-refractivity contribution is -0.117. The Balaban J connectivity index is 1.76. The van der Waals surface area contributed by atoms with Gasteiger partial charge in [0.1, 0.15) is 12.3 Å². The van der Waals surface area contributed by atoms with Gasteiger partial charge in [-0.25, -0.2) is 13.8 Å². The van der Waals surface area contributed by atoms with Crippen LogP contribution >= 0.6 is 0 Å². The van der Waals surface area contributed by atoms with E-state index < -0.39 is 38.7 Å². The Morgan fingerprint density at radius 3 is 2.41 bits per heavy atom. The third kappa shape index (κ3) is 6.09. The summed E-state index contributed by atoms with van der Waals surface area (Å²) in [5.41, 5.74) is 2.96. The van der Waals surface area contributed by atoms with Gasteiger partial charge in [-0.15, -0.1) is 0 Å². The Kier molecular flexibility index (Phi) is 6.98. The van der Waals surface area contributed by atoms with Crippen molar-refractivity contribution in [2.45, 2.75) is 20.3 Å². The molecule has 1 fully saturated rings. The fourth-order valence-corrected chi connectivity index (χ4v) is 5.53. The Bertz CT molecular complexity index is 1620. The van der Waals surface area contributed by atoms with Crippen LogP contribution in [-0.4, -0.2) is 41.5 Å². The van der Waals surface area contributed by atoms with E-state index in [1.54, 1.807) is 55.5 Å². The molecule has 0 aromatic heterocycles. The SMILES string of the molecule is Cc1ccc(OS(C)(=O)=O)c(Cc2ccc(N3CC(=O)NS3(=O)=O)c(OC(=O)c3ccccc3C)c2)c1. The highest BCUT2D eigenvalue weighted by molar-refractivity contribution is 7.92. The van der Waals surface area contributed by atoms with Gasteiger partial charge in [-0.1, -0.05) is 42.0 Å². The summed E-state index contributed by atoms with van der Waals surface area (Å²) in [6, 6.07) is 16.3. The van der Waals surface area contributed by atoms with Gasteiger partial charge in [-0.3, -0.25) is 4.79 Å². The molecule has 0 radical (unpaired) electrons. The number of nitrogens with zero attached hydrogens (tertiary/aromatic N) is 1. The van der Waals surface area contributed by atoms with Crippen LogP contribution in [0.25, 0.3) is 0 Å². The van der Waals surface area contributed by atoms with Gasteiger partial charge in [0.25, 0.3) is 5.91 Å². The fraction of sp³-hybridized carbons (Fsp3) is 0.200. The molecule has 194 valence electrons. The molecule has 3 aromatic carbocycles. The van der Waals surface area contributed by atoms with Crippen LogP contribution in [0, 0.1) is 13.8 Å². The summed E-state index contributed by atoms with van der Waals surface area (Å²) in [6.07, 6.45) is 1.13. The van der Waals surface area contributed by atoms with Crippen molar-refractivity contribution in [1.82, 2.24) is 4.72 Å². The maximum atomic E-state index is 13.0. The van der Waals surface area contributed by atoms with Crippen LogP contribution in [0.5, 0.6) is 11.5 Å². The van der Waals surface area contributed by atoms with Crippen LogP contribution in [-0.2, 0) is 31.5 Å². The van der Waals surface area contributed by atoms with Crippen LogP contribution in [0.15, 0.2) is 60.7 Å². The van der Waals surface area contributed by atoms with Crippen LogP contribution in [0.3, 0.4) is 0 Å². The first-order valence-electron chi connectivity index (χ1n) is 11.1. The first-order chi connectivity index (χ1) is 17.3. The minimum absolute atomic E-state index is 0.000820. The zero-order valence-corrected chi connectivity index (χ0v) is 21.9. The summed E-state index contributed by atoms with van der Waals surface area (Å²) >= 11 is 0. The Morgan fingerprint density at radius 1 is 1.03 bits per heavy atom. The number of anilines is 1. The summed E-state index contributed by atoms with van der Waals surface area (Å²) in [5, 5.41) is 0. The Labute approximate surface area is 215 Å². The number of hydrogen-bond donors (Lipinski definition) is 1. The standard InChI is InChI=1S/C25H24N2O8S2/c1-16-8-11-22(35-36(3,30)31)19(12-16)13-18-9-10-21(27-15-24(28)26-37(27,32)33)23(14-18)34-25(29)20-7-5-4-6-17(20)2/h4-12,14H,13,15H2,1-3H3,(H,26,28). The first kappa shape index (κ1) is 26.2. The number of amides is 1. The molecule has 1 aliphatic heterocycles. The number of rotatable bonds is 7. The molecule has 0 saturated carbocycles. The highest BCUT2D eigenvalue weighted by atomic mass is 32.2. The summed E-state index contributed by atoms with van der Waals surface area (Å²) in [7, 11) is -7.95. The van der Waals surface area contributed by atoms with E-state index >= 15 is 0 Å². The average Bonchev–Trinajstić information content (AvgIpc) is 3.07. The monoisotopic (exact) mass is 544 g/mol. The van der Waals surface area contributed by atoms with Crippen molar-refractivity contribution in [3.05, 3.63) is 88.5 Å². The zero-order chi connectivity index (χ0) is 27.0. The largest absolute Gasteiger partial charge is 0.421 e. The van der Waals surface area contributed by atoms with Gasteiger partial charge >= 0.3 is 26.3 Å². The van der Waals surface area contributed by atoms with E-state index in [9.17, 15) is 26.4 Å². The maximum Gasteiger partial charge on any atom is 0.343 e. The third-order valence-electron chi connectivity index (χ3n) is 5.53. The molecule has 0 spiro atoms. The van der Waals surface area contributed by atoms with Gasteiger partial charge < -0.3 is 8.92 Å². The number of carbonyl (C=O) groups excluding carboxylic acids is 2. The van der Waals surface area contributed by atoms with Crippen LogP contribution in [0.1, 0.15) is 32.6 Å². The number of nitrogens with one attached hydrogen (secondary N) is 1. The molecule has 4 rings (SSSR count). The lowest BCUT2D eigenvalue weighted by atomic mass is 10.0. The minimum Gasteiger partial charge on any atom is -0.421 e. The third-order valence-corrected chi connectivity index (χ3v) is 7.41. The molecule has 1 N–H and O–H groups in total. The smallest absolute Gasteiger partial charge is 0.343 e. The molecule has 0 bridgehead atoms. The lowest BCUT2D eigenvalue weighted by Gasteiger charge is -2.20. The van der Waals surface area contributed by atoms with Gasteiger partial charge in [0, 0.05) is 12.0 Å². The van der Waals surface area contributed by atoms with E-state index in [4.69, 9.17) is 8.92 Å². The van der Waals surface area contributed by atoms with Crippen LogP contribution < -0.4 is 17.9 Å². The molecule has 0 atom stereocenters. The zero-order valence-electron chi connectivity index (χ0n) is 20.2. The second-order valence-electron chi connectivity index (χ2n) is 8.62. The van der Waals surface area contributed by atoms with Crippen LogP contribution in [0.2, 0.25) is 0 Å². The summed E-state index contributed by atoms with van der Waals surface area (Å²) in [6.45, 7) is 3.11. The molecule has 0 aliphatic carbocycles. The van der Waals surface area contributed by atoms with Gasteiger partial charge in [-0.05, 0) is 49.2 Å². The molecule has 10 nitrogen and oxygen atoms in total. The molecule has 3 aromatic rings. The summed E-state index contributed by atoms with van der Waals surface area (Å²) in [4.78, 5) is 24.8. The quantitative estimate of drug-likeness (QED) is 0.272. The van der Waals surface area contributed by atoms with Crippen molar-refractivity contribution in [2.75, 3.05) is 17.1 Å². The Hall–Kier alpha value is -3.90. The molecule has 12 heteroatoms. The van der Waals surface area contributed by atoms with Crippen molar-refractivity contribution >= 4 is 37.9 Å². The molecule has 1 heterocycles.